The maximum Gasteiger partial charge on any atom is 0.339 e. The number of carboxylic acid groups (broad SMARTS) is 1. The molecule has 80 valence electrons. The summed E-state index contributed by atoms with van der Waals surface area (Å²) < 4.78 is 0. The van der Waals surface area contributed by atoms with Crippen molar-refractivity contribution in [2.75, 3.05) is 18.5 Å². The Morgan fingerprint density at radius 2 is 2.40 bits per heavy atom. The van der Waals surface area contributed by atoms with Crippen molar-refractivity contribution in [2.24, 2.45) is 0 Å². The Labute approximate surface area is 88.9 Å². The number of carboxylic acids is 1. The van der Waals surface area contributed by atoms with Crippen molar-refractivity contribution in [3.63, 3.8) is 0 Å². The van der Waals surface area contributed by atoms with Gasteiger partial charge in [-0.15, -0.1) is 6.58 Å². The Kier molecular flexibility index (Phi) is 3.44. The monoisotopic (exact) mass is 206 g/mol. The molecule has 0 aliphatic carbocycles. The SMILES string of the molecule is C=CCN(C)c1cc(C)ncc1C(=O)O. The molecule has 0 aliphatic heterocycles. The number of hydrogen-bond donors (Lipinski definition) is 1. The normalized spacial score (nSPS) is 9.73. The summed E-state index contributed by atoms with van der Waals surface area (Å²) in [6.45, 7) is 6.05. The lowest BCUT2D eigenvalue weighted by Gasteiger charge is -2.19. The lowest BCUT2D eigenvalue weighted by molar-refractivity contribution is 0.0697. The van der Waals surface area contributed by atoms with Gasteiger partial charge in [0.25, 0.3) is 0 Å². The fraction of sp³-hybridized carbons (Fsp3) is 0.273. The van der Waals surface area contributed by atoms with E-state index in [1.165, 1.54) is 6.20 Å². The van der Waals surface area contributed by atoms with Gasteiger partial charge in [-0.05, 0) is 13.0 Å². The average Bonchev–Trinajstić information content (AvgIpc) is 2.17. The number of aryl methyl sites for hydroxylation is 1. The van der Waals surface area contributed by atoms with Gasteiger partial charge in [-0.25, -0.2) is 4.79 Å². The Bertz CT molecular complexity index is 388. The Balaban J connectivity index is 3.17. The number of rotatable bonds is 4. The van der Waals surface area contributed by atoms with Gasteiger partial charge in [0.2, 0.25) is 0 Å². The molecule has 0 fully saturated rings. The predicted octanol–water partition coefficient (Wildman–Crippen LogP) is 1.71. The van der Waals surface area contributed by atoms with E-state index in [0.29, 0.717) is 12.2 Å². The molecule has 0 spiro atoms. The van der Waals surface area contributed by atoms with Crippen molar-refractivity contribution in [3.8, 4) is 0 Å². The van der Waals surface area contributed by atoms with E-state index >= 15 is 0 Å². The number of anilines is 1. The van der Waals surface area contributed by atoms with Gasteiger partial charge in [0.1, 0.15) is 5.56 Å². The zero-order valence-corrected chi connectivity index (χ0v) is 8.90. The van der Waals surface area contributed by atoms with Crippen molar-refractivity contribution in [3.05, 3.63) is 36.2 Å². The molecule has 0 saturated carbocycles. The predicted molar refractivity (Wildman–Crippen MR) is 59.4 cm³/mol. The summed E-state index contributed by atoms with van der Waals surface area (Å²) >= 11 is 0. The summed E-state index contributed by atoms with van der Waals surface area (Å²) in [6.07, 6.45) is 3.11. The summed E-state index contributed by atoms with van der Waals surface area (Å²) in [7, 11) is 1.82. The molecule has 0 amide bonds. The molecule has 4 nitrogen and oxygen atoms in total. The summed E-state index contributed by atoms with van der Waals surface area (Å²) in [4.78, 5) is 16.7. The van der Waals surface area contributed by atoms with Gasteiger partial charge in [0, 0.05) is 25.5 Å². The second-order valence-corrected chi connectivity index (χ2v) is 3.32. The smallest absolute Gasteiger partial charge is 0.339 e. The van der Waals surface area contributed by atoms with Crippen LogP contribution >= 0.6 is 0 Å². The first kappa shape index (κ1) is 11.2. The third-order valence-electron chi connectivity index (χ3n) is 2.06. The molecule has 0 bridgehead atoms. The molecule has 0 aromatic carbocycles. The number of aromatic nitrogens is 1. The maximum absolute atomic E-state index is 10.9. The van der Waals surface area contributed by atoms with E-state index in [-0.39, 0.29) is 5.56 Å². The molecule has 1 rings (SSSR count). The first-order valence-electron chi connectivity index (χ1n) is 4.58. The highest BCUT2D eigenvalue weighted by Crippen LogP contribution is 2.19. The second kappa shape index (κ2) is 4.59. The highest BCUT2D eigenvalue weighted by Gasteiger charge is 2.13. The molecular formula is C11H14N2O2. The van der Waals surface area contributed by atoms with E-state index in [4.69, 9.17) is 5.11 Å². The molecule has 0 radical (unpaired) electrons. The van der Waals surface area contributed by atoms with Gasteiger partial charge in [-0.2, -0.15) is 0 Å². The molecule has 1 N–H and O–H groups in total. The van der Waals surface area contributed by atoms with E-state index < -0.39 is 5.97 Å². The number of aromatic carboxylic acids is 1. The molecular weight excluding hydrogens is 192 g/mol. The Hall–Kier alpha value is -1.84. The molecule has 1 aromatic heterocycles. The van der Waals surface area contributed by atoms with Gasteiger partial charge >= 0.3 is 5.97 Å². The van der Waals surface area contributed by atoms with Crippen molar-refractivity contribution in [1.82, 2.24) is 4.98 Å². The molecule has 0 atom stereocenters. The van der Waals surface area contributed by atoms with E-state index in [1.54, 1.807) is 12.1 Å². The molecule has 0 aliphatic rings. The van der Waals surface area contributed by atoms with Gasteiger partial charge in [0.05, 0.1) is 5.69 Å². The number of carbonyl (C=O) groups is 1. The summed E-state index contributed by atoms with van der Waals surface area (Å²) in [6, 6.07) is 1.76. The minimum Gasteiger partial charge on any atom is -0.478 e. The van der Waals surface area contributed by atoms with Crippen molar-refractivity contribution in [2.45, 2.75) is 6.92 Å². The lowest BCUT2D eigenvalue weighted by atomic mass is 10.2. The minimum absolute atomic E-state index is 0.213. The van der Waals surface area contributed by atoms with Crippen molar-refractivity contribution >= 4 is 11.7 Å². The second-order valence-electron chi connectivity index (χ2n) is 3.32. The summed E-state index contributed by atoms with van der Waals surface area (Å²) in [5.74, 6) is -0.964. The van der Waals surface area contributed by atoms with Gasteiger partial charge in [0.15, 0.2) is 0 Å². The average molecular weight is 206 g/mol. The fourth-order valence-electron chi connectivity index (χ4n) is 1.32. The first-order chi connectivity index (χ1) is 7.06. The fourth-order valence-corrected chi connectivity index (χ4v) is 1.32. The van der Waals surface area contributed by atoms with Crippen LogP contribution in [0.25, 0.3) is 0 Å². The number of likely N-dealkylation sites (N-methyl/N-ethyl adjacent to an activating group) is 1. The maximum atomic E-state index is 10.9. The summed E-state index contributed by atoms with van der Waals surface area (Å²) in [5.41, 5.74) is 1.67. The Morgan fingerprint density at radius 1 is 1.73 bits per heavy atom. The van der Waals surface area contributed by atoms with E-state index in [1.807, 2.05) is 18.9 Å². The zero-order valence-electron chi connectivity index (χ0n) is 8.90. The standard InChI is InChI=1S/C11H14N2O2/c1-4-5-13(3)10-6-8(2)12-7-9(10)11(14)15/h4,6-7H,1,5H2,2-3H3,(H,14,15). The molecule has 0 saturated heterocycles. The number of nitrogens with zero attached hydrogens (tertiary/aromatic N) is 2. The molecule has 4 heteroatoms. The minimum atomic E-state index is -0.964. The number of hydrogen-bond acceptors (Lipinski definition) is 3. The van der Waals surface area contributed by atoms with Gasteiger partial charge < -0.3 is 10.0 Å². The van der Waals surface area contributed by atoms with Crippen LogP contribution in [0.1, 0.15) is 16.1 Å². The van der Waals surface area contributed by atoms with Crippen LogP contribution in [0.3, 0.4) is 0 Å². The van der Waals surface area contributed by atoms with Crippen LogP contribution in [0.4, 0.5) is 5.69 Å². The van der Waals surface area contributed by atoms with Crippen LogP contribution in [0.2, 0.25) is 0 Å². The van der Waals surface area contributed by atoms with Crippen LogP contribution in [0, 0.1) is 6.92 Å². The van der Waals surface area contributed by atoms with Crippen LogP contribution in [0.15, 0.2) is 24.9 Å². The van der Waals surface area contributed by atoms with Crippen LogP contribution in [-0.4, -0.2) is 29.7 Å². The highest BCUT2D eigenvalue weighted by molar-refractivity contribution is 5.94. The highest BCUT2D eigenvalue weighted by atomic mass is 16.4. The van der Waals surface area contributed by atoms with Crippen LogP contribution in [0.5, 0.6) is 0 Å². The summed E-state index contributed by atoms with van der Waals surface area (Å²) in [5, 5.41) is 8.98. The molecule has 1 aromatic rings. The van der Waals surface area contributed by atoms with Crippen LogP contribution < -0.4 is 4.90 Å². The first-order valence-corrected chi connectivity index (χ1v) is 4.58. The van der Waals surface area contributed by atoms with E-state index in [2.05, 4.69) is 11.6 Å². The number of pyridine rings is 1. The molecule has 1 heterocycles. The van der Waals surface area contributed by atoms with E-state index in [0.717, 1.165) is 5.69 Å². The lowest BCUT2D eigenvalue weighted by Crippen LogP contribution is -2.20. The Morgan fingerprint density at radius 3 is 2.93 bits per heavy atom. The zero-order chi connectivity index (χ0) is 11.4. The molecule has 15 heavy (non-hydrogen) atoms. The van der Waals surface area contributed by atoms with Crippen LogP contribution in [-0.2, 0) is 0 Å². The quantitative estimate of drug-likeness (QED) is 0.762. The largest absolute Gasteiger partial charge is 0.478 e. The van der Waals surface area contributed by atoms with Crippen molar-refractivity contribution in [1.29, 1.82) is 0 Å². The third kappa shape index (κ3) is 2.56. The topological polar surface area (TPSA) is 53.4 Å². The third-order valence-corrected chi connectivity index (χ3v) is 2.06. The molecule has 0 unspecified atom stereocenters. The van der Waals surface area contributed by atoms with Gasteiger partial charge in [-0.1, -0.05) is 6.08 Å². The van der Waals surface area contributed by atoms with Crippen molar-refractivity contribution < 1.29 is 9.90 Å². The van der Waals surface area contributed by atoms with Gasteiger partial charge in [-0.3, -0.25) is 4.98 Å². The van der Waals surface area contributed by atoms with E-state index in [9.17, 15) is 4.79 Å².